The van der Waals surface area contributed by atoms with E-state index < -0.39 is 0 Å². The van der Waals surface area contributed by atoms with Gasteiger partial charge in [0, 0.05) is 0 Å². The van der Waals surface area contributed by atoms with Crippen molar-refractivity contribution in [1.82, 2.24) is 0 Å². The van der Waals surface area contributed by atoms with E-state index in [1.54, 1.807) is 0 Å². The first kappa shape index (κ1) is 8.31. The van der Waals surface area contributed by atoms with Gasteiger partial charge in [0.15, 0.2) is 0 Å². The third-order valence-corrected chi connectivity index (χ3v) is 2.11. The summed E-state index contributed by atoms with van der Waals surface area (Å²) in [5.41, 5.74) is 0. The summed E-state index contributed by atoms with van der Waals surface area (Å²) in [6.45, 7) is 0.250. The standard InChI is InChI=1S/C4H5O.2In/c1-2-3-4-5;;/h1-2,5H,4H2;;. The van der Waals surface area contributed by atoms with Crippen LogP contribution >= 0.6 is 0 Å². The van der Waals surface area contributed by atoms with E-state index in [0.717, 1.165) is 51.5 Å². The second kappa shape index (κ2) is 5.45. The summed E-state index contributed by atoms with van der Waals surface area (Å²) in [5.74, 6) is 0. The van der Waals surface area contributed by atoms with E-state index in [4.69, 9.17) is 5.11 Å². The number of hydrogen-bond acceptors (Lipinski definition) is 1. The van der Waals surface area contributed by atoms with E-state index in [1.165, 1.54) is 0 Å². The van der Waals surface area contributed by atoms with E-state index in [9.17, 15) is 0 Å². The van der Waals surface area contributed by atoms with E-state index in [1.807, 2.05) is 6.08 Å². The number of aliphatic hydroxyl groups is 1. The fraction of sp³-hybridized carbons (Fsp3) is 0.250. The fourth-order valence-corrected chi connectivity index (χ4v) is 3.01. The Bertz CT molecular complexity index is 87.7. The maximum absolute atomic E-state index is 8.42. The Kier molecular flexibility index (Phi) is 6.47. The third-order valence-electron chi connectivity index (χ3n) is 0.493. The molecule has 0 aromatic carbocycles. The SMILES string of the molecule is OC[C](=[In])/C=[CH]\[In]. The van der Waals surface area contributed by atoms with Crippen molar-refractivity contribution >= 4 is 51.5 Å². The Labute approximate surface area is 72.4 Å². The van der Waals surface area contributed by atoms with Crippen molar-refractivity contribution < 1.29 is 5.11 Å². The first-order valence-corrected chi connectivity index (χ1v) is 5.46. The van der Waals surface area contributed by atoms with Crippen LogP contribution < -0.4 is 0 Å². The Hall–Kier alpha value is 1.31. The molecule has 33 valence electrons. The Morgan fingerprint density at radius 3 is 2.43 bits per heavy atom. The molecule has 0 aromatic rings. The van der Waals surface area contributed by atoms with Crippen LogP contribution in [0.5, 0.6) is 0 Å². The molecule has 3 heteroatoms. The van der Waals surface area contributed by atoms with Gasteiger partial charge in [0.1, 0.15) is 0 Å². The summed E-state index contributed by atoms with van der Waals surface area (Å²) in [4.78, 5) is 0. The topological polar surface area (TPSA) is 20.2 Å². The minimum absolute atomic E-state index is 0.250. The van der Waals surface area contributed by atoms with Crippen LogP contribution in [0.25, 0.3) is 0 Å². The summed E-state index contributed by atoms with van der Waals surface area (Å²) >= 11 is 2.21. The molecule has 0 aromatic heterocycles. The van der Waals surface area contributed by atoms with Gasteiger partial charge in [-0.2, -0.15) is 0 Å². The second-order valence-corrected chi connectivity index (χ2v) is 4.31. The molecular weight excluding hydrogens is 294 g/mol. The average Bonchev–Trinajstić information content (AvgIpc) is 1.68. The number of aliphatic hydroxyl groups excluding tert-OH is 1. The van der Waals surface area contributed by atoms with Gasteiger partial charge in [0.25, 0.3) is 0 Å². The Morgan fingerprint density at radius 1 is 1.71 bits per heavy atom. The number of rotatable bonds is 2. The van der Waals surface area contributed by atoms with Gasteiger partial charge in [0.2, 0.25) is 0 Å². The molecule has 0 aliphatic rings. The molecule has 0 bridgehead atoms. The van der Waals surface area contributed by atoms with Crippen LogP contribution in [0.2, 0.25) is 0 Å². The van der Waals surface area contributed by atoms with Crippen molar-refractivity contribution in [2.45, 2.75) is 0 Å². The van der Waals surface area contributed by atoms with Gasteiger partial charge in [-0.25, -0.2) is 0 Å². The van der Waals surface area contributed by atoms with Crippen LogP contribution in [0.15, 0.2) is 9.91 Å². The molecule has 1 nitrogen and oxygen atoms in total. The molecule has 0 aliphatic heterocycles. The van der Waals surface area contributed by atoms with Crippen molar-refractivity contribution in [3.8, 4) is 0 Å². The summed E-state index contributed by atoms with van der Waals surface area (Å²) in [7, 11) is 0. The molecule has 7 heavy (non-hydrogen) atoms. The van der Waals surface area contributed by atoms with Crippen LogP contribution in [0.3, 0.4) is 0 Å². The molecule has 0 heterocycles. The number of hydrogen-bond donors (Lipinski definition) is 1. The van der Waals surface area contributed by atoms with E-state index in [0.29, 0.717) is 0 Å². The van der Waals surface area contributed by atoms with Crippen LogP contribution in [0.1, 0.15) is 0 Å². The van der Waals surface area contributed by atoms with Gasteiger partial charge in [-0.1, -0.05) is 0 Å². The third kappa shape index (κ3) is 5.18. The molecule has 0 fully saturated rings. The van der Waals surface area contributed by atoms with Gasteiger partial charge in [-0.3, -0.25) is 0 Å². The molecule has 0 aliphatic carbocycles. The van der Waals surface area contributed by atoms with Gasteiger partial charge in [0.05, 0.1) is 0 Å². The quantitative estimate of drug-likeness (QED) is 0.694. The fourth-order valence-electron chi connectivity index (χ4n) is 0.176. The van der Waals surface area contributed by atoms with E-state index in [-0.39, 0.29) is 6.61 Å². The Morgan fingerprint density at radius 2 is 2.29 bits per heavy atom. The van der Waals surface area contributed by atoms with Crippen molar-refractivity contribution in [2.24, 2.45) is 0 Å². The average molecular weight is 299 g/mol. The second-order valence-electron chi connectivity index (χ2n) is 1.09. The van der Waals surface area contributed by atoms with Crippen LogP contribution in [-0.2, 0) is 0 Å². The van der Waals surface area contributed by atoms with Crippen LogP contribution in [-0.4, -0.2) is 63.2 Å². The van der Waals surface area contributed by atoms with Gasteiger partial charge < -0.3 is 0 Å². The molecule has 0 atom stereocenters. The van der Waals surface area contributed by atoms with Gasteiger partial charge in [-0.05, 0) is 0 Å². The summed E-state index contributed by atoms with van der Waals surface area (Å²) < 4.78 is 3.24. The molecule has 0 saturated carbocycles. The maximum atomic E-state index is 8.42. The van der Waals surface area contributed by atoms with Crippen molar-refractivity contribution in [1.29, 1.82) is 0 Å². The molecule has 0 saturated heterocycles. The predicted octanol–water partition coefficient (Wildman–Crippen LogP) is -0.998. The molecular formula is C4H5In2O. The predicted molar refractivity (Wildman–Crippen MR) is 32.7 cm³/mol. The molecule has 0 rings (SSSR count). The van der Waals surface area contributed by atoms with E-state index >= 15 is 0 Å². The zero-order chi connectivity index (χ0) is 5.70. The Balaban J connectivity index is 3.37. The summed E-state index contributed by atoms with van der Waals surface area (Å²) in [5, 5.41) is 8.42. The van der Waals surface area contributed by atoms with Gasteiger partial charge >= 0.3 is 73.1 Å². The summed E-state index contributed by atoms with van der Waals surface area (Å²) in [6, 6.07) is 0. The molecule has 0 amide bonds. The molecule has 1 N–H and O–H groups in total. The molecule has 0 spiro atoms. The van der Waals surface area contributed by atoms with Crippen molar-refractivity contribution in [3.05, 3.63) is 9.91 Å². The molecule has 0 unspecified atom stereocenters. The van der Waals surface area contributed by atoms with Crippen LogP contribution in [0.4, 0.5) is 0 Å². The normalized spacial score (nSPS) is 9.71. The minimum atomic E-state index is 0.250. The van der Waals surface area contributed by atoms with Crippen LogP contribution in [0, 0.1) is 0 Å². The zero-order valence-corrected chi connectivity index (χ0v) is 10.6. The van der Waals surface area contributed by atoms with Crippen molar-refractivity contribution in [2.75, 3.05) is 6.61 Å². The first-order valence-electron chi connectivity index (χ1n) is 1.91. The summed E-state index contributed by atoms with van der Waals surface area (Å²) in [6.07, 6.45) is 2.00. The molecule has 3 radical (unpaired) electrons. The van der Waals surface area contributed by atoms with Crippen molar-refractivity contribution in [3.63, 3.8) is 0 Å². The van der Waals surface area contributed by atoms with Gasteiger partial charge in [-0.15, -0.1) is 0 Å². The monoisotopic (exact) mass is 299 g/mol. The van der Waals surface area contributed by atoms with E-state index in [2.05, 4.69) is 3.83 Å². The zero-order valence-electron chi connectivity index (χ0n) is 3.96. The first-order chi connectivity index (χ1) is 3.31.